The van der Waals surface area contributed by atoms with Crippen molar-refractivity contribution in [2.24, 2.45) is 0 Å². The molecule has 0 fully saturated rings. The van der Waals surface area contributed by atoms with Crippen LogP contribution in [0.1, 0.15) is 31.7 Å². The molecular formula is C10H17N3O. The van der Waals surface area contributed by atoms with Crippen molar-refractivity contribution in [3.05, 3.63) is 21.7 Å². The molecule has 4 nitrogen and oxygen atoms in total. The van der Waals surface area contributed by atoms with Gasteiger partial charge in [0.2, 0.25) is 0 Å². The summed E-state index contributed by atoms with van der Waals surface area (Å²) in [5.74, 6) is 1.47. The Morgan fingerprint density at radius 2 is 2.14 bits per heavy atom. The molecule has 0 atom stereocenters. The van der Waals surface area contributed by atoms with Crippen molar-refractivity contribution in [2.75, 3.05) is 11.9 Å². The first-order valence-electron chi connectivity index (χ1n) is 5.02. The van der Waals surface area contributed by atoms with E-state index in [2.05, 4.69) is 22.2 Å². The van der Waals surface area contributed by atoms with Crippen LogP contribution >= 0.6 is 0 Å². The van der Waals surface area contributed by atoms with E-state index in [4.69, 9.17) is 0 Å². The number of H-pyrrole nitrogens is 1. The zero-order chi connectivity index (χ0) is 10.6. The van der Waals surface area contributed by atoms with Crippen molar-refractivity contribution in [2.45, 2.75) is 33.6 Å². The van der Waals surface area contributed by atoms with Crippen molar-refractivity contribution in [3.8, 4) is 0 Å². The normalized spacial score (nSPS) is 10.2. The van der Waals surface area contributed by atoms with Crippen molar-refractivity contribution in [1.82, 2.24) is 9.97 Å². The molecule has 0 aliphatic carbocycles. The molecule has 0 unspecified atom stereocenters. The molecule has 1 rings (SSSR count). The third-order valence-electron chi connectivity index (χ3n) is 2.03. The molecule has 1 heterocycles. The number of aryl methyl sites for hydroxylation is 1. The van der Waals surface area contributed by atoms with E-state index in [-0.39, 0.29) is 5.56 Å². The van der Waals surface area contributed by atoms with Gasteiger partial charge in [-0.1, -0.05) is 6.92 Å². The number of aromatic amines is 1. The average molecular weight is 195 g/mol. The monoisotopic (exact) mass is 195 g/mol. The smallest absolute Gasteiger partial charge is 0.255 e. The molecule has 0 aromatic carbocycles. The average Bonchev–Trinajstić information content (AvgIpc) is 2.14. The summed E-state index contributed by atoms with van der Waals surface area (Å²) in [5.41, 5.74) is 0.617. The van der Waals surface area contributed by atoms with Gasteiger partial charge in [-0.3, -0.25) is 4.79 Å². The minimum absolute atomic E-state index is 0.0422. The lowest BCUT2D eigenvalue weighted by Crippen LogP contribution is -2.18. The van der Waals surface area contributed by atoms with Gasteiger partial charge in [0.1, 0.15) is 11.6 Å². The molecule has 78 valence electrons. The van der Waals surface area contributed by atoms with E-state index in [0.29, 0.717) is 11.4 Å². The van der Waals surface area contributed by atoms with Crippen LogP contribution in [0, 0.1) is 6.92 Å². The Morgan fingerprint density at radius 3 is 2.71 bits per heavy atom. The highest BCUT2D eigenvalue weighted by molar-refractivity contribution is 5.41. The Kier molecular flexibility index (Phi) is 3.68. The second kappa shape index (κ2) is 4.79. The van der Waals surface area contributed by atoms with Gasteiger partial charge in [0.15, 0.2) is 0 Å². The molecule has 0 saturated heterocycles. The summed E-state index contributed by atoms with van der Waals surface area (Å²) in [6.07, 6.45) is 1.80. The molecule has 4 heteroatoms. The van der Waals surface area contributed by atoms with Crippen LogP contribution in [0.25, 0.3) is 0 Å². The fourth-order valence-corrected chi connectivity index (χ4v) is 1.27. The fourth-order valence-electron chi connectivity index (χ4n) is 1.27. The highest BCUT2D eigenvalue weighted by atomic mass is 16.1. The second-order valence-corrected chi connectivity index (χ2v) is 3.27. The third kappa shape index (κ3) is 2.34. The van der Waals surface area contributed by atoms with E-state index in [0.717, 1.165) is 25.2 Å². The van der Waals surface area contributed by atoms with Crippen LogP contribution in [-0.2, 0) is 6.42 Å². The lowest BCUT2D eigenvalue weighted by atomic mass is 10.3. The van der Waals surface area contributed by atoms with Gasteiger partial charge in [0.05, 0.1) is 5.56 Å². The van der Waals surface area contributed by atoms with Crippen LogP contribution in [0.4, 0.5) is 5.82 Å². The summed E-state index contributed by atoms with van der Waals surface area (Å²) in [4.78, 5) is 18.6. The lowest BCUT2D eigenvalue weighted by molar-refractivity contribution is 0.820. The molecule has 0 radical (unpaired) electrons. The maximum absolute atomic E-state index is 11.5. The van der Waals surface area contributed by atoms with Gasteiger partial charge in [-0.25, -0.2) is 4.98 Å². The SMILES string of the molecule is CCCc1nc(NCC)c(C)c(=O)[nH]1. The summed E-state index contributed by atoms with van der Waals surface area (Å²) in [6, 6.07) is 0. The molecule has 0 amide bonds. The molecule has 0 bridgehead atoms. The molecule has 2 N–H and O–H groups in total. The predicted octanol–water partition coefficient (Wildman–Crippen LogP) is 1.46. The van der Waals surface area contributed by atoms with Crippen LogP contribution in [0.2, 0.25) is 0 Å². The zero-order valence-corrected chi connectivity index (χ0v) is 8.98. The molecule has 0 aliphatic rings. The van der Waals surface area contributed by atoms with Gasteiger partial charge in [-0.05, 0) is 20.3 Å². The van der Waals surface area contributed by atoms with Crippen LogP contribution in [0.5, 0.6) is 0 Å². The number of aromatic nitrogens is 2. The second-order valence-electron chi connectivity index (χ2n) is 3.27. The van der Waals surface area contributed by atoms with E-state index in [1.54, 1.807) is 6.92 Å². The topological polar surface area (TPSA) is 57.8 Å². The maximum atomic E-state index is 11.5. The van der Waals surface area contributed by atoms with Gasteiger partial charge in [0.25, 0.3) is 5.56 Å². The number of rotatable bonds is 4. The fraction of sp³-hybridized carbons (Fsp3) is 0.600. The molecule has 1 aromatic heterocycles. The van der Waals surface area contributed by atoms with E-state index >= 15 is 0 Å². The minimum Gasteiger partial charge on any atom is -0.370 e. The summed E-state index contributed by atoms with van der Waals surface area (Å²) in [6.45, 7) is 6.61. The number of hydrogen-bond acceptors (Lipinski definition) is 3. The molecule has 14 heavy (non-hydrogen) atoms. The summed E-state index contributed by atoms with van der Waals surface area (Å²) < 4.78 is 0. The number of hydrogen-bond donors (Lipinski definition) is 2. The Bertz CT molecular complexity index is 357. The van der Waals surface area contributed by atoms with Gasteiger partial charge >= 0.3 is 0 Å². The first-order valence-corrected chi connectivity index (χ1v) is 5.02. The molecule has 0 aliphatic heterocycles. The van der Waals surface area contributed by atoms with E-state index in [1.165, 1.54) is 0 Å². The Balaban J connectivity index is 3.07. The summed E-state index contributed by atoms with van der Waals surface area (Å²) in [7, 11) is 0. The Labute approximate surface area is 83.8 Å². The highest BCUT2D eigenvalue weighted by Crippen LogP contribution is 2.06. The van der Waals surface area contributed by atoms with Crippen LogP contribution in [0.3, 0.4) is 0 Å². The van der Waals surface area contributed by atoms with Gasteiger partial charge in [-0.2, -0.15) is 0 Å². The summed E-state index contributed by atoms with van der Waals surface area (Å²) in [5, 5.41) is 3.08. The van der Waals surface area contributed by atoms with Crippen molar-refractivity contribution in [3.63, 3.8) is 0 Å². The Hall–Kier alpha value is -1.32. The number of nitrogens with one attached hydrogen (secondary N) is 2. The molecular weight excluding hydrogens is 178 g/mol. The van der Waals surface area contributed by atoms with Crippen LogP contribution in [0.15, 0.2) is 4.79 Å². The summed E-state index contributed by atoms with van der Waals surface area (Å²) >= 11 is 0. The predicted molar refractivity (Wildman–Crippen MR) is 57.8 cm³/mol. The van der Waals surface area contributed by atoms with Crippen molar-refractivity contribution in [1.29, 1.82) is 0 Å². The lowest BCUT2D eigenvalue weighted by Gasteiger charge is -2.07. The largest absolute Gasteiger partial charge is 0.370 e. The molecule has 0 saturated carbocycles. The van der Waals surface area contributed by atoms with Crippen LogP contribution in [-0.4, -0.2) is 16.5 Å². The zero-order valence-electron chi connectivity index (χ0n) is 8.98. The van der Waals surface area contributed by atoms with Crippen molar-refractivity contribution >= 4 is 5.82 Å². The Morgan fingerprint density at radius 1 is 1.43 bits per heavy atom. The van der Waals surface area contributed by atoms with Gasteiger partial charge in [0, 0.05) is 13.0 Å². The first-order chi connectivity index (χ1) is 6.69. The maximum Gasteiger partial charge on any atom is 0.255 e. The van der Waals surface area contributed by atoms with Crippen molar-refractivity contribution < 1.29 is 0 Å². The van der Waals surface area contributed by atoms with Gasteiger partial charge in [-0.15, -0.1) is 0 Å². The molecule has 0 spiro atoms. The molecule has 1 aromatic rings. The van der Waals surface area contributed by atoms with Gasteiger partial charge < -0.3 is 10.3 Å². The highest BCUT2D eigenvalue weighted by Gasteiger charge is 2.05. The van der Waals surface area contributed by atoms with E-state index < -0.39 is 0 Å². The minimum atomic E-state index is -0.0422. The first kappa shape index (κ1) is 10.8. The number of anilines is 1. The van der Waals surface area contributed by atoms with Crippen LogP contribution < -0.4 is 10.9 Å². The third-order valence-corrected chi connectivity index (χ3v) is 2.03. The van der Waals surface area contributed by atoms with E-state index in [9.17, 15) is 4.79 Å². The van der Waals surface area contributed by atoms with E-state index in [1.807, 2.05) is 6.92 Å². The standard InChI is InChI=1S/C10H17N3O/c1-4-6-8-12-9(11-5-2)7(3)10(14)13-8/h4-6H2,1-3H3,(H2,11,12,13,14). The number of nitrogens with zero attached hydrogens (tertiary/aromatic N) is 1. The quantitative estimate of drug-likeness (QED) is 0.764.